The summed E-state index contributed by atoms with van der Waals surface area (Å²) in [5.74, 6) is 0. The molecule has 1 aliphatic carbocycles. The summed E-state index contributed by atoms with van der Waals surface area (Å²) in [4.78, 5) is 2.50. The van der Waals surface area contributed by atoms with Gasteiger partial charge in [-0.05, 0) is 105 Å². The summed E-state index contributed by atoms with van der Waals surface area (Å²) in [5.41, 5.74) is 8.22. The molecule has 0 unspecified atom stereocenters. The van der Waals surface area contributed by atoms with Gasteiger partial charge in [0.25, 0.3) is 0 Å². The Morgan fingerprint density at radius 3 is 1.95 bits per heavy atom. The molecular formula is C38H29NS. The fourth-order valence-electron chi connectivity index (χ4n) is 6.66. The summed E-state index contributed by atoms with van der Waals surface area (Å²) in [6, 6.07) is 45.1. The number of benzene rings is 6. The molecule has 40 heavy (non-hydrogen) atoms. The number of thiophene rings is 1. The van der Waals surface area contributed by atoms with Gasteiger partial charge >= 0.3 is 0 Å². The van der Waals surface area contributed by atoms with Crippen LogP contribution in [0.4, 0.5) is 16.4 Å². The van der Waals surface area contributed by atoms with Gasteiger partial charge in [0, 0.05) is 16.5 Å². The molecule has 0 radical (unpaired) electrons. The van der Waals surface area contributed by atoms with Crippen molar-refractivity contribution in [1.82, 2.24) is 0 Å². The maximum absolute atomic E-state index is 2.50. The van der Waals surface area contributed by atoms with Gasteiger partial charge in [0.05, 0.1) is 10.7 Å². The number of rotatable bonds is 3. The van der Waals surface area contributed by atoms with Crippen LogP contribution < -0.4 is 4.90 Å². The first-order valence-electron chi connectivity index (χ1n) is 14.2. The van der Waals surface area contributed by atoms with E-state index in [1.54, 1.807) is 11.3 Å². The highest BCUT2D eigenvalue weighted by atomic mass is 32.1. The Balaban J connectivity index is 1.38. The molecule has 0 N–H and O–H groups in total. The molecule has 0 bridgehead atoms. The summed E-state index contributed by atoms with van der Waals surface area (Å²) in [6.07, 6.45) is 4.66. The Labute approximate surface area is 239 Å². The van der Waals surface area contributed by atoms with Crippen LogP contribution in [0.1, 0.15) is 24.0 Å². The summed E-state index contributed by atoms with van der Waals surface area (Å²) >= 11 is 1.80. The normalized spacial score (nSPS) is 13.1. The van der Waals surface area contributed by atoms with Crippen molar-refractivity contribution in [2.24, 2.45) is 0 Å². The number of nitrogens with zero attached hydrogens (tertiary/aromatic N) is 1. The van der Waals surface area contributed by atoms with Gasteiger partial charge in [-0.25, -0.2) is 0 Å². The monoisotopic (exact) mass is 531 g/mol. The molecule has 1 heterocycles. The molecule has 0 saturated carbocycles. The highest BCUT2D eigenvalue weighted by Crippen LogP contribution is 2.46. The Morgan fingerprint density at radius 2 is 1.20 bits per heavy atom. The number of hydrogen-bond acceptors (Lipinski definition) is 2. The van der Waals surface area contributed by atoms with Gasteiger partial charge in [0.15, 0.2) is 0 Å². The minimum atomic E-state index is 1.10. The quantitative estimate of drug-likeness (QED) is 0.205. The Hall–Kier alpha value is -4.40. The number of anilines is 3. The zero-order valence-corrected chi connectivity index (χ0v) is 23.1. The fourth-order valence-corrected chi connectivity index (χ4v) is 7.41. The number of fused-ring (bicyclic) bond motifs is 7. The van der Waals surface area contributed by atoms with Crippen LogP contribution in [0.3, 0.4) is 0 Å². The lowest BCUT2D eigenvalue weighted by atomic mass is 9.85. The first kappa shape index (κ1) is 23.5. The lowest BCUT2D eigenvalue weighted by molar-refractivity contribution is 0.732. The lowest BCUT2D eigenvalue weighted by Gasteiger charge is -2.28. The van der Waals surface area contributed by atoms with E-state index in [1.807, 2.05) is 0 Å². The van der Waals surface area contributed by atoms with Crippen molar-refractivity contribution in [3.8, 4) is 11.1 Å². The maximum Gasteiger partial charge on any atom is 0.0999 e. The van der Waals surface area contributed by atoms with E-state index >= 15 is 0 Å². The van der Waals surface area contributed by atoms with Gasteiger partial charge in [0.1, 0.15) is 0 Å². The molecule has 1 aromatic heterocycles. The lowest BCUT2D eigenvalue weighted by Crippen LogP contribution is -2.11. The van der Waals surface area contributed by atoms with E-state index in [0.717, 1.165) is 12.8 Å². The summed E-state index contributed by atoms with van der Waals surface area (Å²) in [7, 11) is 0. The van der Waals surface area contributed by atoms with Gasteiger partial charge in [-0.3, -0.25) is 0 Å². The van der Waals surface area contributed by atoms with Crippen LogP contribution >= 0.6 is 11.3 Å². The number of hydrogen-bond donors (Lipinski definition) is 0. The smallest absolute Gasteiger partial charge is 0.0999 e. The minimum absolute atomic E-state index is 1.10. The van der Waals surface area contributed by atoms with Gasteiger partial charge in [-0.2, -0.15) is 0 Å². The second kappa shape index (κ2) is 9.66. The molecule has 8 rings (SSSR count). The SMILES string of the molecule is c1csc(N(c2ccc3c(c2)CCCCc2c-3ccc3ccccc23)c2c3ccccc3cc3ccccc23)c1. The molecule has 0 saturated heterocycles. The van der Waals surface area contributed by atoms with Crippen molar-refractivity contribution < 1.29 is 0 Å². The van der Waals surface area contributed by atoms with E-state index < -0.39 is 0 Å². The predicted molar refractivity (Wildman–Crippen MR) is 174 cm³/mol. The Morgan fingerprint density at radius 1 is 0.525 bits per heavy atom. The van der Waals surface area contributed by atoms with Crippen molar-refractivity contribution >= 4 is 60.0 Å². The largest absolute Gasteiger partial charge is 0.301 e. The topological polar surface area (TPSA) is 3.24 Å². The van der Waals surface area contributed by atoms with Crippen LogP contribution in [-0.2, 0) is 12.8 Å². The summed E-state index contributed by atoms with van der Waals surface area (Å²) in [5, 5.41) is 11.3. The van der Waals surface area contributed by atoms with Gasteiger partial charge in [-0.15, -0.1) is 11.3 Å². The molecule has 192 valence electrons. The average molecular weight is 532 g/mol. The van der Waals surface area contributed by atoms with Gasteiger partial charge in [-0.1, -0.05) is 91.0 Å². The molecule has 1 aliphatic rings. The zero-order chi connectivity index (χ0) is 26.5. The minimum Gasteiger partial charge on any atom is -0.301 e. The van der Waals surface area contributed by atoms with Crippen molar-refractivity contribution in [2.75, 3.05) is 4.90 Å². The van der Waals surface area contributed by atoms with Crippen molar-refractivity contribution in [1.29, 1.82) is 0 Å². The third-order valence-electron chi connectivity index (χ3n) is 8.49. The summed E-state index contributed by atoms with van der Waals surface area (Å²) in [6.45, 7) is 0. The Kier molecular flexibility index (Phi) is 5.67. The molecular weight excluding hydrogens is 502 g/mol. The summed E-state index contributed by atoms with van der Waals surface area (Å²) < 4.78 is 0. The van der Waals surface area contributed by atoms with Crippen LogP contribution in [0.5, 0.6) is 0 Å². The second-order valence-electron chi connectivity index (χ2n) is 10.8. The molecule has 0 amide bonds. The molecule has 0 spiro atoms. The van der Waals surface area contributed by atoms with E-state index in [4.69, 9.17) is 0 Å². The molecule has 1 nitrogen and oxygen atoms in total. The van der Waals surface area contributed by atoms with Crippen LogP contribution in [0.15, 0.2) is 127 Å². The highest BCUT2D eigenvalue weighted by Gasteiger charge is 2.22. The van der Waals surface area contributed by atoms with E-state index in [-0.39, 0.29) is 0 Å². The standard InChI is InChI=1S/C38H29NS/c1-5-14-31-26(10-1)19-21-36-32-22-20-30(25-29(32)13-4-8-17-35(31)36)39(37-18-9-23-40-37)38-33-15-6-2-11-27(33)24-28-12-3-7-16-34(28)38/h1-3,5-7,9-12,14-16,18-25H,4,8,13,17H2. The van der Waals surface area contributed by atoms with Gasteiger partial charge < -0.3 is 4.90 Å². The van der Waals surface area contributed by atoms with Crippen LogP contribution in [0.2, 0.25) is 0 Å². The predicted octanol–water partition coefficient (Wildman–Crippen LogP) is 11.2. The van der Waals surface area contributed by atoms with E-state index in [2.05, 4.69) is 132 Å². The first-order chi connectivity index (χ1) is 19.8. The van der Waals surface area contributed by atoms with E-state index in [0.29, 0.717) is 0 Å². The molecule has 0 fully saturated rings. The molecule has 0 aliphatic heterocycles. The van der Waals surface area contributed by atoms with Gasteiger partial charge in [0.2, 0.25) is 0 Å². The maximum atomic E-state index is 2.50. The van der Waals surface area contributed by atoms with E-state index in [9.17, 15) is 0 Å². The Bertz CT molecular complexity index is 1960. The van der Waals surface area contributed by atoms with Crippen molar-refractivity contribution in [3.05, 3.63) is 138 Å². The van der Waals surface area contributed by atoms with Crippen LogP contribution in [0.25, 0.3) is 43.4 Å². The fraction of sp³-hybridized carbons (Fsp3) is 0.105. The average Bonchev–Trinajstić information content (AvgIpc) is 3.52. The molecule has 2 heteroatoms. The third kappa shape index (κ3) is 3.83. The second-order valence-corrected chi connectivity index (χ2v) is 11.7. The molecule has 0 atom stereocenters. The molecule has 7 aromatic rings. The first-order valence-corrected chi connectivity index (χ1v) is 15.1. The zero-order valence-electron chi connectivity index (χ0n) is 22.3. The van der Waals surface area contributed by atoms with Crippen LogP contribution in [0, 0.1) is 0 Å². The van der Waals surface area contributed by atoms with Crippen molar-refractivity contribution in [3.63, 3.8) is 0 Å². The van der Waals surface area contributed by atoms with Crippen LogP contribution in [-0.4, -0.2) is 0 Å². The third-order valence-corrected chi connectivity index (χ3v) is 9.35. The molecule has 6 aromatic carbocycles. The highest BCUT2D eigenvalue weighted by molar-refractivity contribution is 7.14. The van der Waals surface area contributed by atoms with E-state index in [1.165, 1.54) is 83.8 Å². The number of aryl methyl sites for hydroxylation is 2. The van der Waals surface area contributed by atoms with Crippen molar-refractivity contribution in [2.45, 2.75) is 25.7 Å².